The highest BCUT2D eigenvalue weighted by molar-refractivity contribution is 7.22. The molecule has 1 aromatic heterocycles. The van der Waals surface area contributed by atoms with Gasteiger partial charge in [0.1, 0.15) is 11.5 Å². The number of thiazole rings is 1. The molecule has 144 valence electrons. The third kappa shape index (κ3) is 3.38. The van der Waals surface area contributed by atoms with E-state index >= 15 is 0 Å². The van der Waals surface area contributed by atoms with Gasteiger partial charge in [-0.25, -0.2) is 4.98 Å². The Morgan fingerprint density at radius 3 is 2.79 bits per heavy atom. The van der Waals surface area contributed by atoms with Crippen LogP contribution in [0.3, 0.4) is 0 Å². The lowest BCUT2D eigenvalue weighted by Gasteiger charge is -2.20. The van der Waals surface area contributed by atoms with Crippen molar-refractivity contribution in [1.82, 2.24) is 4.98 Å². The lowest BCUT2D eigenvalue weighted by Crippen LogP contribution is -2.28. The topological polar surface area (TPSA) is 80.8 Å². The largest absolute Gasteiger partial charge is 0.497 e. The van der Waals surface area contributed by atoms with Gasteiger partial charge in [0.25, 0.3) is 0 Å². The summed E-state index contributed by atoms with van der Waals surface area (Å²) in [5, 5.41) is 3.39. The first-order valence-electron chi connectivity index (χ1n) is 8.78. The highest BCUT2D eigenvalue weighted by Crippen LogP contribution is 2.36. The maximum Gasteiger partial charge on any atom is 0.231 e. The number of nitrogens with one attached hydrogen (secondary N) is 1. The molecule has 2 aromatic carbocycles. The number of fused-ring (bicyclic) bond motifs is 1. The number of para-hydroxylation sites is 1. The quantitative estimate of drug-likeness (QED) is 0.714. The average Bonchev–Trinajstić information content (AvgIpc) is 3.30. The number of hydrogen-bond acceptors (Lipinski definition) is 6. The summed E-state index contributed by atoms with van der Waals surface area (Å²) in [6.45, 7) is 0.290. The molecule has 7 nitrogen and oxygen atoms in total. The van der Waals surface area contributed by atoms with Crippen molar-refractivity contribution in [3.8, 4) is 11.5 Å². The van der Waals surface area contributed by atoms with Gasteiger partial charge in [0, 0.05) is 19.0 Å². The van der Waals surface area contributed by atoms with Crippen LogP contribution in [-0.4, -0.2) is 37.6 Å². The lowest BCUT2D eigenvalue weighted by molar-refractivity contribution is -0.122. The van der Waals surface area contributed by atoms with Crippen molar-refractivity contribution in [3.63, 3.8) is 0 Å². The number of benzene rings is 2. The number of hydrogen-bond donors (Lipinski definition) is 1. The Bertz CT molecular complexity index is 1020. The normalized spacial score (nSPS) is 16.4. The SMILES string of the molecule is COc1ccc(N2CC(C(=O)Nc3nc4ccccc4s3)CC2=O)c(OC)c1. The highest BCUT2D eigenvalue weighted by Gasteiger charge is 2.36. The summed E-state index contributed by atoms with van der Waals surface area (Å²) in [5.41, 5.74) is 1.47. The lowest BCUT2D eigenvalue weighted by atomic mass is 10.1. The minimum absolute atomic E-state index is 0.118. The fourth-order valence-electron chi connectivity index (χ4n) is 3.26. The number of anilines is 2. The molecule has 0 spiro atoms. The van der Waals surface area contributed by atoms with Crippen molar-refractivity contribution < 1.29 is 19.1 Å². The number of carbonyl (C=O) groups is 2. The van der Waals surface area contributed by atoms with Gasteiger partial charge in [0.15, 0.2) is 5.13 Å². The third-order valence-corrected chi connectivity index (χ3v) is 5.65. The molecular weight excluding hydrogens is 378 g/mol. The van der Waals surface area contributed by atoms with Crippen LogP contribution in [0.2, 0.25) is 0 Å². The molecule has 1 aliphatic heterocycles. The number of aromatic nitrogens is 1. The van der Waals surface area contributed by atoms with Gasteiger partial charge in [-0.2, -0.15) is 0 Å². The summed E-state index contributed by atoms with van der Waals surface area (Å²) >= 11 is 1.42. The number of methoxy groups -OCH3 is 2. The zero-order chi connectivity index (χ0) is 19.7. The number of carbonyl (C=O) groups excluding carboxylic acids is 2. The van der Waals surface area contributed by atoms with Crippen LogP contribution < -0.4 is 19.7 Å². The van der Waals surface area contributed by atoms with Crippen molar-refractivity contribution in [2.45, 2.75) is 6.42 Å². The van der Waals surface area contributed by atoms with E-state index in [9.17, 15) is 9.59 Å². The molecular formula is C20H19N3O4S. The molecule has 4 rings (SSSR count). The molecule has 28 heavy (non-hydrogen) atoms. The van der Waals surface area contributed by atoms with Gasteiger partial charge in [0.2, 0.25) is 11.8 Å². The van der Waals surface area contributed by atoms with E-state index in [1.807, 2.05) is 24.3 Å². The summed E-state index contributed by atoms with van der Waals surface area (Å²) in [6, 6.07) is 12.9. The van der Waals surface area contributed by atoms with E-state index in [-0.39, 0.29) is 24.8 Å². The summed E-state index contributed by atoms with van der Waals surface area (Å²) < 4.78 is 11.6. The monoisotopic (exact) mass is 397 g/mol. The molecule has 0 radical (unpaired) electrons. The maximum absolute atomic E-state index is 12.7. The van der Waals surface area contributed by atoms with Crippen molar-refractivity contribution in [3.05, 3.63) is 42.5 Å². The highest BCUT2D eigenvalue weighted by atomic mass is 32.1. The first-order valence-corrected chi connectivity index (χ1v) is 9.59. The Hall–Kier alpha value is -3.13. The van der Waals surface area contributed by atoms with Gasteiger partial charge in [0.05, 0.1) is 36.0 Å². The van der Waals surface area contributed by atoms with Gasteiger partial charge in [-0.15, -0.1) is 0 Å². The van der Waals surface area contributed by atoms with Crippen LogP contribution in [0.1, 0.15) is 6.42 Å². The summed E-state index contributed by atoms with van der Waals surface area (Å²) in [4.78, 5) is 31.3. The van der Waals surface area contributed by atoms with Gasteiger partial charge >= 0.3 is 0 Å². The first-order chi connectivity index (χ1) is 13.6. The molecule has 1 aliphatic rings. The van der Waals surface area contributed by atoms with Crippen LogP contribution in [0, 0.1) is 5.92 Å². The smallest absolute Gasteiger partial charge is 0.231 e. The van der Waals surface area contributed by atoms with Crippen LogP contribution in [0.25, 0.3) is 10.2 Å². The van der Waals surface area contributed by atoms with E-state index in [1.54, 1.807) is 30.2 Å². The molecule has 0 bridgehead atoms. The standard InChI is InChI=1S/C20H19N3O4S/c1-26-13-7-8-15(16(10-13)27-2)23-11-12(9-18(23)24)19(25)22-20-21-14-5-3-4-6-17(14)28-20/h3-8,10,12H,9,11H2,1-2H3,(H,21,22,25). The predicted octanol–water partition coefficient (Wildman–Crippen LogP) is 3.31. The van der Waals surface area contributed by atoms with Gasteiger partial charge < -0.3 is 19.7 Å². The van der Waals surface area contributed by atoms with Crippen LogP contribution in [-0.2, 0) is 9.59 Å². The van der Waals surface area contributed by atoms with E-state index in [4.69, 9.17) is 9.47 Å². The molecule has 2 heterocycles. The zero-order valence-electron chi connectivity index (χ0n) is 15.5. The Kier molecular flexibility index (Phi) is 4.87. The average molecular weight is 397 g/mol. The second kappa shape index (κ2) is 7.47. The van der Waals surface area contributed by atoms with Crippen molar-refractivity contribution in [2.75, 3.05) is 31.0 Å². The van der Waals surface area contributed by atoms with Crippen LogP contribution >= 0.6 is 11.3 Å². The predicted molar refractivity (Wildman–Crippen MR) is 108 cm³/mol. The number of amides is 2. The van der Waals surface area contributed by atoms with E-state index in [2.05, 4.69) is 10.3 Å². The van der Waals surface area contributed by atoms with Gasteiger partial charge in [-0.3, -0.25) is 9.59 Å². The Balaban J connectivity index is 1.50. The molecule has 1 atom stereocenters. The van der Waals surface area contributed by atoms with E-state index in [0.717, 1.165) is 10.2 Å². The van der Waals surface area contributed by atoms with Crippen molar-refractivity contribution >= 4 is 44.2 Å². The van der Waals surface area contributed by atoms with E-state index in [1.165, 1.54) is 18.4 Å². The van der Waals surface area contributed by atoms with Crippen LogP contribution in [0.4, 0.5) is 10.8 Å². The van der Waals surface area contributed by atoms with Crippen molar-refractivity contribution in [1.29, 1.82) is 0 Å². The van der Waals surface area contributed by atoms with Gasteiger partial charge in [-0.05, 0) is 24.3 Å². The molecule has 1 saturated heterocycles. The second-order valence-electron chi connectivity index (χ2n) is 6.42. The molecule has 2 amide bonds. The Morgan fingerprint density at radius 2 is 2.04 bits per heavy atom. The third-order valence-electron chi connectivity index (χ3n) is 4.70. The van der Waals surface area contributed by atoms with E-state index in [0.29, 0.717) is 22.3 Å². The molecule has 3 aromatic rings. The maximum atomic E-state index is 12.7. The van der Waals surface area contributed by atoms with Crippen LogP contribution in [0.5, 0.6) is 11.5 Å². The summed E-state index contributed by atoms with van der Waals surface area (Å²) in [6.07, 6.45) is 0.145. The minimum Gasteiger partial charge on any atom is -0.497 e. The zero-order valence-corrected chi connectivity index (χ0v) is 16.3. The fourth-order valence-corrected chi connectivity index (χ4v) is 4.13. The van der Waals surface area contributed by atoms with Crippen LogP contribution in [0.15, 0.2) is 42.5 Å². The number of ether oxygens (including phenoxy) is 2. The minimum atomic E-state index is -0.452. The molecule has 1 N–H and O–H groups in total. The summed E-state index contributed by atoms with van der Waals surface area (Å²) in [7, 11) is 3.11. The van der Waals surface area contributed by atoms with Crippen molar-refractivity contribution in [2.24, 2.45) is 5.92 Å². The molecule has 1 unspecified atom stereocenters. The first kappa shape index (κ1) is 18.2. The fraction of sp³-hybridized carbons (Fsp3) is 0.250. The summed E-state index contributed by atoms with van der Waals surface area (Å²) in [5.74, 6) is 0.388. The molecule has 0 saturated carbocycles. The van der Waals surface area contributed by atoms with Gasteiger partial charge in [-0.1, -0.05) is 23.5 Å². The molecule has 0 aliphatic carbocycles. The second-order valence-corrected chi connectivity index (χ2v) is 7.45. The Morgan fingerprint density at radius 1 is 1.21 bits per heavy atom. The number of nitrogens with zero attached hydrogens (tertiary/aromatic N) is 2. The van der Waals surface area contributed by atoms with E-state index < -0.39 is 5.92 Å². The molecule has 1 fully saturated rings. The molecule has 8 heteroatoms. The Labute approximate surface area is 165 Å². The number of rotatable bonds is 5.